The van der Waals surface area contributed by atoms with Gasteiger partial charge in [-0.3, -0.25) is 4.79 Å². The molecule has 3 aromatic rings. The number of rotatable bonds is 4. The standard InChI is InChI=1S/C19H16N2O4/c1-25-18-7-6-12-4-2-3-5-16(12)17(18)11-20-21-19(24)13-8-14(22)10-15(23)9-13/h2-11,22-23H,1H3,(H,21,24)/b20-11+. The van der Waals surface area contributed by atoms with Crippen molar-refractivity contribution >= 4 is 22.9 Å². The number of carbonyl (C=O) groups excluding carboxylic acids is 1. The predicted molar refractivity (Wildman–Crippen MR) is 95.3 cm³/mol. The second-order valence-corrected chi connectivity index (χ2v) is 5.34. The fraction of sp³-hybridized carbons (Fsp3) is 0.0526. The number of hydrogen-bond donors (Lipinski definition) is 3. The summed E-state index contributed by atoms with van der Waals surface area (Å²) < 4.78 is 5.36. The van der Waals surface area contributed by atoms with Crippen LogP contribution in [-0.2, 0) is 0 Å². The molecule has 0 radical (unpaired) electrons. The predicted octanol–water partition coefficient (Wildman–Crippen LogP) is 3.02. The number of hydrazone groups is 1. The number of fused-ring (bicyclic) bond motifs is 1. The van der Waals surface area contributed by atoms with Gasteiger partial charge in [0.25, 0.3) is 5.91 Å². The normalized spacial score (nSPS) is 10.9. The van der Waals surface area contributed by atoms with Crippen molar-refractivity contribution in [2.45, 2.75) is 0 Å². The zero-order chi connectivity index (χ0) is 17.8. The molecule has 0 bridgehead atoms. The van der Waals surface area contributed by atoms with Gasteiger partial charge in [0, 0.05) is 17.2 Å². The molecule has 6 heteroatoms. The van der Waals surface area contributed by atoms with Gasteiger partial charge in [0.1, 0.15) is 17.2 Å². The van der Waals surface area contributed by atoms with Gasteiger partial charge in [-0.05, 0) is 29.0 Å². The fourth-order valence-electron chi connectivity index (χ4n) is 2.53. The maximum atomic E-state index is 12.1. The fourth-order valence-corrected chi connectivity index (χ4v) is 2.53. The summed E-state index contributed by atoms with van der Waals surface area (Å²) in [5, 5.41) is 24.8. The van der Waals surface area contributed by atoms with Crippen molar-refractivity contribution in [2.75, 3.05) is 7.11 Å². The number of carbonyl (C=O) groups is 1. The number of methoxy groups -OCH3 is 1. The lowest BCUT2D eigenvalue weighted by Gasteiger charge is -2.08. The molecule has 3 N–H and O–H groups in total. The van der Waals surface area contributed by atoms with Gasteiger partial charge in [0.15, 0.2) is 0 Å². The van der Waals surface area contributed by atoms with Crippen molar-refractivity contribution < 1.29 is 19.7 Å². The quantitative estimate of drug-likeness (QED) is 0.504. The first kappa shape index (κ1) is 16.3. The maximum Gasteiger partial charge on any atom is 0.271 e. The Labute approximate surface area is 144 Å². The topological polar surface area (TPSA) is 91.2 Å². The Kier molecular flexibility index (Phi) is 4.52. The van der Waals surface area contributed by atoms with Gasteiger partial charge < -0.3 is 14.9 Å². The maximum absolute atomic E-state index is 12.1. The molecule has 126 valence electrons. The van der Waals surface area contributed by atoms with E-state index in [1.54, 1.807) is 7.11 Å². The Morgan fingerprint density at radius 1 is 1.08 bits per heavy atom. The summed E-state index contributed by atoms with van der Waals surface area (Å²) >= 11 is 0. The van der Waals surface area contributed by atoms with Crippen LogP contribution < -0.4 is 10.2 Å². The van der Waals surface area contributed by atoms with E-state index in [4.69, 9.17) is 4.74 Å². The molecular weight excluding hydrogens is 320 g/mol. The highest BCUT2D eigenvalue weighted by molar-refractivity contribution is 6.03. The largest absolute Gasteiger partial charge is 0.508 e. The summed E-state index contributed by atoms with van der Waals surface area (Å²) in [6.45, 7) is 0. The highest BCUT2D eigenvalue weighted by atomic mass is 16.5. The number of hydrogen-bond acceptors (Lipinski definition) is 5. The van der Waals surface area contributed by atoms with Crippen molar-refractivity contribution in [1.29, 1.82) is 0 Å². The van der Waals surface area contributed by atoms with Crippen molar-refractivity contribution in [3.63, 3.8) is 0 Å². The Hall–Kier alpha value is -3.54. The minimum atomic E-state index is -0.554. The number of phenolic OH excluding ortho intramolecular Hbond substituents is 2. The van der Waals surface area contributed by atoms with Crippen LogP contribution in [0.2, 0.25) is 0 Å². The van der Waals surface area contributed by atoms with Crippen molar-refractivity contribution in [2.24, 2.45) is 5.10 Å². The number of aromatic hydroxyl groups is 2. The molecule has 3 aromatic carbocycles. The highest BCUT2D eigenvalue weighted by Crippen LogP contribution is 2.26. The molecule has 0 spiro atoms. The van der Waals surface area contributed by atoms with Gasteiger partial charge in [-0.1, -0.05) is 30.3 Å². The molecule has 25 heavy (non-hydrogen) atoms. The molecule has 0 aliphatic carbocycles. The second-order valence-electron chi connectivity index (χ2n) is 5.34. The molecule has 6 nitrogen and oxygen atoms in total. The Morgan fingerprint density at radius 2 is 1.80 bits per heavy atom. The Morgan fingerprint density at radius 3 is 2.52 bits per heavy atom. The van der Waals surface area contributed by atoms with Crippen molar-refractivity contribution in [1.82, 2.24) is 5.43 Å². The lowest BCUT2D eigenvalue weighted by atomic mass is 10.0. The van der Waals surface area contributed by atoms with Crippen LogP contribution in [0.5, 0.6) is 17.2 Å². The van der Waals surface area contributed by atoms with Crippen LogP contribution in [0.25, 0.3) is 10.8 Å². The van der Waals surface area contributed by atoms with Gasteiger partial charge in [-0.15, -0.1) is 0 Å². The molecule has 0 aliphatic heterocycles. The zero-order valence-electron chi connectivity index (χ0n) is 13.4. The number of benzene rings is 3. The molecule has 1 amide bonds. The van der Waals surface area contributed by atoms with Crippen LogP contribution in [0.3, 0.4) is 0 Å². The Bertz CT molecular complexity index is 947. The van der Waals surface area contributed by atoms with E-state index in [1.165, 1.54) is 18.3 Å². The molecule has 0 fully saturated rings. The summed E-state index contributed by atoms with van der Waals surface area (Å²) in [5.74, 6) is -0.331. The second kappa shape index (κ2) is 6.92. The molecule has 0 saturated carbocycles. The number of phenols is 2. The minimum Gasteiger partial charge on any atom is -0.508 e. The summed E-state index contributed by atoms with van der Waals surface area (Å²) in [7, 11) is 1.57. The third-order valence-electron chi connectivity index (χ3n) is 3.68. The van der Waals surface area contributed by atoms with Gasteiger partial charge in [-0.2, -0.15) is 5.10 Å². The number of ether oxygens (including phenoxy) is 1. The van der Waals surface area contributed by atoms with E-state index in [9.17, 15) is 15.0 Å². The third-order valence-corrected chi connectivity index (χ3v) is 3.68. The Balaban J connectivity index is 1.87. The summed E-state index contributed by atoms with van der Waals surface area (Å²) in [6, 6.07) is 15.2. The average molecular weight is 336 g/mol. The van der Waals surface area contributed by atoms with Gasteiger partial charge >= 0.3 is 0 Å². The SMILES string of the molecule is COc1ccc2ccccc2c1/C=N/NC(=O)c1cc(O)cc(O)c1. The lowest BCUT2D eigenvalue weighted by molar-refractivity contribution is 0.0954. The van der Waals surface area contributed by atoms with E-state index in [0.29, 0.717) is 5.75 Å². The van der Waals surface area contributed by atoms with Crippen LogP contribution in [0.1, 0.15) is 15.9 Å². The van der Waals surface area contributed by atoms with Gasteiger partial charge in [0.05, 0.1) is 13.3 Å². The third kappa shape index (κ3) is 3.53. The zero-order valence-corrected chi connectivity index (χ0v) is 13.4. The molecule has 0 unspecified atom stereocenters. The van der Waals surface area contributed by atoms with Crippen LogP contribution >= 0.6 is 0 Å². The van der Waals surface area contributed by atoms with E-state index >= 15 is 0 Å². The minimum absolute atomic E-state index is 0.0968. The number of nitrogens with one attached hydrogen (secondary N) is 1. The van der Waals surface area contributed by atoms with Crippen LogP contribution in [0.4, 0.5) is 0 Å². The molecule has 0 aromatic heterocycles. The van der Waals surface area contributed by atoms with E-state index in [2.05, 4.69) is 10.5 Å². The summed E-state index contributed by atoms with van der Waals surface area (Å²) in [4.78, 5) is 12.1. The van der Waals surface area contributed by atoms with E-state index in [1.807, 2.05) is 36.4 Å². The van der Waals surface area contributed by atoms with Crippen molar-refractivity contribution in [3.8, 4) is 17.2 Å². The van der Waals surface area contributed by atoms with E-state index < -0.39 is 5.91 Å². The first-order valence-corrected chi connectivity index (χ1v) is 7.50. The molecule has 0 saturated heterocycles. The number of nitrogens with zero attached hydrogens (tertiary/aromatic N) is 1. The van der Waals surface area contributed by atoms with Gasteiger partial charge in [0.2, 0.25) is 0 Å². The highest BCUT2D eigenvalue weighted by Gasteiger charge is 2.09. The van der Waals surface area contributed by atoms with Crippen LogP contribution in [0, 0.1) is 0 Å². The van der Waals surface area contributed by atoms with Crippen LogP contribution in [-0.4, -0.2) is 29.4 Å². The molecule has 3 rings (SSSR count). The van der Waals surface area contributed by atoms with Crippen molar-refractivity contribution in [3.05, 3.63) is 65.7 Å². The molecular formula is C19H16N2O4. The monoisotopic (exact) mass is 336 g/mol. The number of amides is 1. The van der Waals surface area contributed by atoms with Crippen LogP contribution in [0.15, 0.2) is 59.7 Å². The molecule has 0 atom stereocenters. The molecule has 0 aliphatic rings. The summed E-state index contributed by atoms with van der Waals surface area (Å²) in [5.41, 5.74) is 3.20. The van der Waals surface area contributed by atoms with E-state index in [-0.39, 0.29) is 17.1 Å². The first-order chi connectivity index (χ1) is 12.1. The first-order valence-electron chi connectivity index (χ1n) is 7.50. The average Bonchev–Trinajstić information content (AvgIpc) is 2.60. The van der Waals surface area contributed by atoms with E-state index in [0.717, 1.165) is 22.4 Å². The summed E-state index contributed by atoms with van der Waals surface area (Å²) in [6.07, 6.45) is 1.50. The van der Waals surface area contributed by atoms with Gasteiger partial charge in [-0.25, -0.2) is 5.43 Å². The smallest absolute Gasteiger partial charge is 0.271 e. The lowest BCUT2D eigenvalue weighted by Crippen LogP contribution is -2.17. The molecule has 0 heterocycles.